The van der Waals surface area contributed by atoms with Gasteiger partial charge >= 0.3 is 6.18 Å². The summed E-state index contributed by atoms with van der Waals surface area (Å²) < 4.78 is 47.3. The van der Waals surface area contributed by atoms with Crippen molar-refractivity contribution in [2.24, 2.45) is 7.05 Å². The molecule has 2 aromatic heterocycles. The van der Waals surface area contributed by atoms with Gasteiger partial charge in [0.1, 0.15) is 5.82 Å². The maximum atomic E-state index is 13.0. The molecule has 9 nitrogen and oxygen atoms in total. The lowest BCUT2D eigenvalue weighted by Crippen LogP contribution is -2.38. The van der Waals surface area contributed by atoms with Crippen molar-refractivity contribution in [1.82, 2.24) is 29.1 Å². The first-order chi connectivity index (χ1) is 14.2. The Morgan fingerprint density at radius 1 is 1.10 bits per heavy atom. The van der Waals surface area contributed by atoms with Crippen LogP contribution in [0.3, 0.4) is 0 Å². The number of hydrogen-bond acceptors (Lipinski definition) is 7. The zero-order valence-corrected chi connectivity index (χ0v) is 16.5. The van der Waals surface area contributed by atoms with E-state index in [0.29, 0.717) is 32.0 Å². The molecular formula is C18H23F3N6O3. The Balaban J connectivity index is 1.54. The Kier molecular flexibility index (Phi) is 5.55. The van der Waals surface area contributed by atoms with Gasteiger partial charge in [-0.2, -0.15) is 13.2 Å². The van der Waals surface area contributed by atoms with E-state index < -0.39 is 17.4 Å². The quantitative estimate of drug-likeness (QED) is 0.761. The molecule has 2 aliphatic heterocycles. The van der Waals surface area contributed by atoms with Gasteiger partial charge in [-0.3, -0.25) is 14.6 Å². The molecule has 1 saturated heterocycles. The highest BCUT2D eigenvalue weighted by Gasteiger charge is 2.39. The third-order valence-corrected chi connectivity index (χ3v) is 5.59. The van der Waals surface area contributed by atoms with Crippen LogP contribution in [0.2, 0.25) is 0 Å². The van der Waals surface area contributed by atoms with E-state index in [1.807, 2.05) is 4.90 Å². The zero-order valence-electron chi connectivity index (χ0n) is 16.5. The fourth-order valence-corrected chi connectivity index (χ4v) is 3.88. The van der Waals surface area contributed by atoms with Crippen LogP contribution >= 0.6 is 0 Å². The number of halogens is 3. The van der Waals surface area contributed by atoms with Gasteiger partial charge in [0.25, 0.3) is 0 Å². The van der Waals surface area contributed by atoms with Crippen molar-refractivity contribution in [3.8, 4) is 5.75 Å². The van der Waals surface area contributed by atoms with Crippen LogP contribution in [0.1, 0.15) is 23.0 Å². The molecule has 0 spiro atoms. The predicted molar refractivity (Wildman–Crippen MR) is 98.6 cm³/mol. The smallest absolute Gasteiger partial charge is 0.451 e. The molecule has 164 valence electrons. The summed E-state index contributed by atoms with van der Waals surface area (Å²) in [6.07, 6.45) is -4.55. The predicted octanol–water partition coefficient (Wildman–Crippen LogP) is 0.549. The van der Waals surface area contributed by atoms with Gasteiger partial charge in [-0.05, 0) is 0 Å². The standard InChI is InChI=1S/C18H23F3N6O3/c1-24-12(9-25-4-6-30-7-5-25)8-14(28)16(29)13(24)10-26-2-3-27-15(11-26)22-23-17(27)18(19,20)21/h8,29H,2-7,9-11H2,1H3. The normalized spacial score (nSPS) is 18.5. The van der Waals surface area contributed by atoms with Crippen molar-refractivity contribution < 1.29 is 23.0 Å². The maximum Gasteiger partial charge on any atom is 0.451 e. The molecule has 12 heteroatoms. The van der Waals surface area contributed by atoms with Crippen LogP contribution in [-0.2, 0) is 44.1 Å². The first kappa shape index (κ1) is 20.8. The highest BCUT2D eigenvalue weighted by atomic mass is 19.4. The molecule has 0 bridgehead atoms. The molecule has 4 heterocycles. The Bertz CT molecular complexity index is 981. The first-order valence-corrected chi connectivity index (χ1v) is 9.66. The Morgan fingerprint density at radius 3 is 2.53 bits per heavy atom. The van der Waals surface area contributed by atoms with E-state index in [9.17, 15) is 23.1 Å². The lowest BCUT2D eigenvalue weighted by Gasteiger charge is -2.30. The summed E-state index contributed by atoms with van der Waals surface area (Å²) in [5, 5.41) is 17.3. The molecule has 30 heavy (non-hydrogen) atoms. The number of morpholine rings is 1. The van der Waals surface area contributed by atoms with Gasteiger partial charge in [0, 0.05) is 58.1 Å². The topological polar surface area (TPSA) is 88.7 Å². The summed E-state index contributed by atoms with van der Waals surface area (Å²) in [6, 6.07) is 1.43. The second-order valence-electron chi connectivity index (χ2n) is 7.54. The van der Waals surface area contributed by atoms with Crippen LogP contribution in [0.5, 0.6) is 5.75 Å². The summed E-state index contributed by atoms with van der Waals surface area (Å²) in [5.74, 6) is -1.13. The van der Waals surface area contributed by atoms with Gasteiger partial charge in [0.15, 0.2) is 5.75 Å². The third kappa shape index (κ3) is 4.07. The van der Waals surface area contributed by atoms with Crippen molar-refractivity contribution in [3.05, 3.63) is 39.3 Å². The minimum absolute atomic E-state index is 0.0827. The number of hydrogen-bond donors (Lipinski definition) is 1. The average molecular weight is 428 g/mol. The minimum Gasteiger partial charge on any atom is -0.503 e. The number of pyridine rings is 1. The fraction of sp³-hybridized carbons (Fsp3) is 0.611. The van der Waals surface area contributed by atoms with E-state index in [-0.39, 0.29) is 31.2 Å². The molecule has 0 aromatic carbocycles. The number of alkyl halides is 3. The molecule has 0 unspecified atom stereocenters. The largest absolute Gasteiger partial charge is 0.503 e. The fourth-order valence-electron chi connectivity index (χ4n) is 3.88. The molecule has 0 radical (unpaired) electrons. The molecule has 1 fully saturated rings. The number of fused-ring (bicyclic) bond motifs is 1. The molecule has 1 N–H and O–H groups in total. The van der Waals surface area contributed by atoms with E-state index in [4.69, 9.17) is 4.74 Å². The van der Waals surface area contributed by atoms with E-state index >= 15 is 0 Å². The zero-order chi connectivity index (χ0) is 21.5. The van der Waals surface area contributed by atoms with Crippen LogP contribution in [0.15, 0.2) is 10.9 Å². The average Bonchev–Trinajstić information content (AvgIpc) is 3.14. The summed E-state index contributed by atoms with van der Waals surface area (Å²) in [5.41, 5.74) is 0.717. The lowest BCUT2D eigenvalue weighted by atomic mass is 10.2. The second kappa shape index (κ2) is 8.00. The molecule has 0 aliphatic carbocycles. The van der Waals surface area contributed by atoms with Crippen molar-refractivity contribution in [2.75, 3.05) is 32.8 Å². The van der Waals surface area contributed by atoms with E-state index in [2.05, 4.69) is 15.1 Å². The molecule has 4 rings (SSSR count). The molecular weight excluding hydrogens is 405 g/mol. The number of aromatic nitrogens is 4. The second-order valence-corrected chi connectivity index (χ2v) is 7.54. The van der Waals surface area contributed by atoms with Crippen LogP contribution in [0, 0.1) is 0 Å². The van der Waals surface area contributed by atoms with E-state index in [1.165, 1.54) is 6.07 Å². The summed E-state index contributed by atoms with van der Waals surface area (Å²) in [4.78, 5) is 16.3. The Labute approximate surface area is 170 Å². The van der Waals surface area contributed by atoms with Crippen LogP contribution in [0.25, 0.3) is 0 Å². The van der Waals surface area contributed by atoms with Crippen molar-refractivity contribution in [3.63, 3.8) is 0 Å². The van der Waals surface area contributed by atoms with Crippen LogP contribution in [-0.4, -0.2) is 67.1 Å². The molecule has 2 aromatic rings. The SMILES string of the molecule is Cn1c(CN2CCOCC2)cc(=O)c(O)c1CN1CCn2c(nnc2C(F)(F)F)C1. The molecule has 0 atom stereocenters. The van der Waals surface area contributed by atoms with E-state index in [0.717, 1.165) is 23.4 Å². The maximum absolute atomic E-state index is 13.0. The highest BCUT2D eigenvalue weighted by molar-refractivity contribution is 5.30. The van der Waals surface area contributed by atoms with Crippen LogP contribution in [0.4, 0.5) is 13.2 Å². The Hall–Kier alpha value is -2.44. The minimum atomic E-state index is -4.55. The lowest BCUT2D eigenvalue weighted by molar-refractivity contribution is -0.148. The summed E-state index contributed by atoms with van der Waals surface area (Å²) in [7, 11) is 1.78. The summed E-state index contributed by atoms with van der Waals surface area (Å²) in [6.45, 7) is 4.08. The number of aromatic hydroxyl groups is 1. The summed E-state index contributed by atoms with van der Waals surface area (Å²) >= 11 is 0. The number of rotatable bonds is 4. The highest BCUT2D eigenvalue weighted by Crippen LogP contribution is 2.30. The number of ether oxygens (including phenoxy) is 1. The number of nitrogens with zero attached hydrogens (tertiary/aromatic N) is 6. The van der Waals surface area contributed by atoms with Gasteiger partial charge in [0.05, 0.1) is 25.5 Å². The van der Waals surface area contributed by atoms with Gasteiger partial charge in [-0.25, -0.2) is 0 Å². The van der Waals surface area contributed by atoms with Gasteiger partial charge < -0.3 is 19.0 Å². The van der Waals surface area contributed by atoms with Crippen molar-refractivity contribution >= 4 is 0 Å². The molecule has 2 aliphatic rings. The van der Waals surface area contributed by atoms with Crippen LogP contribution < -0.4 is 5.43 Å². The van der Waals surface area contributed by atoms with Gasteiger partial charge in [-0.1, -0.05) is 0 Å². The molecule has 0 saturated carbocycles. The van der Waals surface area contributed by atoms with E-state index in [1.54, 1.807) is 11.6 Å². The molecule has 0 amide bonds. The van der Waals surface area contributed by atoms with Gasteiger partial charge in [-0.15, -0.1) is 10.2 Å². The van der Waals surface area contributed by atoms with Gasteiger partial charge in [0.2, 0.25) is 11.3 Å². The van der Waals surface area contributed by atoms with Crippen molar-refractivity contribution in [1.29, 1.82) is 0 Å². The Morgan fingerprint density at radius 2 is 1.83 bits per heavy atom. The van der Waals surface area contributed by atoms with Crippen molar-refractivity contribution in [2.45, 2.75) is 32.4 Å². The third-order valence-electron chi connectivity index (χ3n) is 5.59. The monoisotopic (exact) mass is 428 g/mol. The first-order valence-electron chi connectivity index (χ1n) is 9.66.